The van der Waals surface area contributed by atoms with E-state index in [0.717, 1.165) is 45.3 Å². The van der Waals surface area contributed by atoms with Gasteiger partial charge in [0.15, 0.2) is 0 Å². The zero-order valence-corrected chi connectivity index (χ0v) is 33.6. The third-order valence-electron chi connectivity index (χ3n) is 9.92. The molecule has 3 atom stereocenters. The second-order valence-corrected chi connectivity index (χ2v) is 14.8. The summed E-state index contributed by atoms with van der Waals surface area (Å²) in [6.07, 6.45) is 49.5. The number of hydrogen-bond donors (Lipinski definition) is 2. The average molecular weight is 714 g/mol. The number of hydrogen-bond acceptors (Lipinski definition) is 5. The van der Waals surface area contributed by atoms with Crippen LogP contribution in [0.25, 0.3) is 0 Å². The van der Waals surface area contributed by atoms with Crippen LogP contribution in [0.3, 0.4) is 0 Å². The Balaban J connectivity index is 2.21. The number of unbranched alkanes of at least 4 members (excludes halogenated alkanes) is 18. The first-order chi connectivity index (χ1) is 25.1. The van der Waals surface area contributed by atoms with Crippen molar-refractivity contribution < 1.29 is 14.3 Å². The number of ether oxygens (including phenoxy) is 2. The van der Waals surface area contributed by atoms with E-state index in [0.29, 0.717) is 26.1 Å². The molecule has 0 saturated carbocycles. The number of carbonyl (C=O) groups is 1. The van der Waals surface area contributed by atoms with Crippen molar-refractivity contribution >= 4 is 5.91 Å². The lowest BCUT2D eigenvalue weighted by Gasteiger charge is -2.20. The van der Waals surface area contributed by atoms with Crippen molar-refractivity contribution in [3.63, 3.8) is 0 Å². The van der Waals surface area contributed by atoms with Gasteiger partial charge in [0.1, 0.15) is 12.2 Å². The summed E-state index contributed by atoms with van der Waals surface area (Å²) in [6.45, 7) is 7.67. The highest BCUT2D eigenvalue weighted by molar-refractivity contribution is 5.82. The van der Waals surface area contributed by atoms with Gasteiger partial charge in [-0.05, 0) is 96.4 Å². The first-order valence-corrected chi connectivity index (χ1v) is 21.7. The van der Waals surface area contributed by atoms with Crippen molar-refractivity contribution in [2.45, 2.75) is 199 Å². The van der Waals surface area contributed by atoms with Gasteiger partial charge in [-0.3, -0.25) is 4.79 Å². The molecular formula is C45H83N3O3. The quantitative estimate of drug-likeness (QED) is 0.0498. The Hall–Kier alpha value is -1.73. The maximum absolute atomic E-state index is 13.0. The zero-order valence-electron chi connectivity index (χ0n) is 33.6. The van der Waals surface area contributed by atoms with Gasteiger partial charge in [-0.25, -0.2) is 0 Å². The van der Waals surface area contributed by atoms with Crippen LogP contribution in [0.15, 0.2) is 48.6 Å². The molecule has 0 radical (unpaired) electrons. The van der Waals surface area contributed by atoms with E-state index in [1.807, 2.05) is 4.90 Å². The van der Waals surface area contributed by atoms with Crippen LogP contribution >= 0.6 is 0 Å². The van der Waals surface area contributed by atoms with Crippen molar-refractivity contribution in [1.29, 1.82) is 0 Å². The second kappa shape index (κ2) is 36.6. The zero-order chi connectivity index (χ0) is 36.9. The molecule has 4 N–H and O–H groups in total. The molecule has 0 aromatic carbocycles. The van der Waals surface area contributed by atoms with Crippen LogP contribution in [0.4, 0.5) is 0 Å². The molecule has 0 aliphatic carbocycles. The van der Waals surface area contributed by atoms with E-state index in [2.05, 4.69) is 62.5 Å². The topological polar surface area (TPSA) is 90.8 Å². The van der Waals surface area contributed by atoms with Crippen LogP contribution in [0.1, 0.15) is 181 Å². The second-order valence-electron chi connectivity index (χ2n) is 14.8. The number of allylic oxidation sites excluding steroid dienone is 8. The van der Waals surface area contributed by atoms with E-state index in [9.17, 15) is 4.79 Å². The van der Waals surface area contributed by atoms with Gasteiger partial charge in [0.05, 0.1) is 6.04 Å². The average Bonchev–Trinajstić information content (AvgIpc) is 3.55. The predicted octanol–water partition coefficient (Wildman–Crippen LogP) is 11.3. The molecule has 0 aromatic heterocycles. The van der Waals surface area contributed by atoms with Crippen LogP contribution in [-0.2, 0) is 14.3 Å². The smallest absolute Gasteiger partial charge is 0.239 e. The molecule has 1 fully saturated rings. The molecule has 6 heteroatoms. The van der Waals surface area contributed by atoms with Gasteiger partial charge >= 0.3 is 0 Å². The Morgan fingerprint density at radius 2 is 0.941 bits per heavy atom. The van der Waals surface area contributed by atoms with Crippen molar-refractivity contribution in [3.8, 4) is 0 Å². The minimum atomic E-state index is -0.492. The van der Waals surface area contributed by atoms with Crippen LogP contribution < -0.4 is 11.5 Å². The van der Waals surface area contributed by atoms with Crippen molar-refractivity contribution in [2.75, 3.05) is 32.8 Å². The monoisotopic (exact) mass is 714 g/mol. The third-order valence-corrected chi connectivity index (χ3v) is 9.92. The Morgan fingerprint density at radius 1 is 0.569 bits per heavy atom. The number of amides is 1. The Morgan fingerprint density at radius 3 is 1.33 bits per heavy atom. The highest BCUT2D eigenvalue weighted by Crippen LogP contribution is 2.20. The summed E-state index contributed by atoms with van der Waals surface area (Å²) in [4.78, 5) is 14.9. The largest absolute Gasteiger partial charge is 0.374 e. The summed E-state index contributed by atoms with van der Waals surface area (Å²) < 4.78 is 12.7. The Labute approximate surface area is 316 Å². The Kier molecular flexibility index (Phi) is 34.0. The lowest BCUT2D eigenvalue weighted by atomic mass is 10.1. The molecule has 1 amide bonds. The van der Waals surface area contributed by atoms with E-state index < -0.39 is 6.04 Å². The fraction of sp³-hybridized carbons (Fsp3) is 0.800. The molecule has 0 bridgehead atoms. The van der Waals surface area contributed by atoms with Crippen molar-refractivity contribution in [1.82, 2.24) is 4.90 Å². The molecular weight excluding hydrogens is 631 g/mol. The molecule has 1 rings (SSSR count). The molecule has 0 spiro atoms. The summed E-state index contributed by atoms with van der Waals surface area (Å²) in [5.41, 5.74) is 11.9. The van der Waals surface area contributed by atoms with Gasteiger partial charge in [-0.1, -0.05) is 140 Å². The summed E-state index contributed by atoms with van der Waals surface area (Å²) >= 11 is 0. The van der Waals surface area contributed by atoms with Gasteiger partial charge < -0.3 is 25.8 Å². The lowest BCUT2D eigenvalue weighted by molar-refractivity contribution is -0.132. The minimum Gasteiger partial charge on any atom is -0.374 e. The van der Waals surface area contributed by atoms with Crippen LogP contribution in [0.2, 0.25) is 0 Å². The van der Waals surface area contributed by atoms with Gasteiger partial charge in [0, 0.05) is 26.3 Å². The summed E-state index contributed by atoms with van der Waals surface area (Å²) in [5.74, 6) is 0.00517. The Bertz CT molecular complexity index is 828. The highest BCUT2D eigenvalue weighted by atomic mass is 16.5. The molecule has 1 saturated heterocycles. The van der Waals surface area contributed by atoms with Crippen LogP contribution in [0, 0.1) is 0 Å². The molecule has 1 aliphatic heterocycles. The number of likely N-dealkylation sites (tertiary alicyclic amines) is 1. The fourth-order valence-electron chi connectivity index (χ4n) is 6.59. The first kappa shape index (κ1) is 47.3. The van der Waals surface area contributed by atoms with E-state index >= 15 is 0 Å². The summed E-state index contributed by atoms with van der Waals surface area (Å²) in [7, 11) is 0. The third kappa shape index (κ3) is 28.4. The molecule has 1 unspecified atom stereocenters. The number of rotatable bonds is 36. The maximum Gasteiger partial charge on any atom is 0.239 e. The SMILES string of the molecule is CCCCC/C=C\C/C=C\CCCCCCCCOC1CN(C(=O)[C@@H](N)CCCN)C[C@H]1OCCCCCCCC/C=C\C/C=C\CCCCC. The van der Waals surface area contributed by atoms with E-state index in [1.54, 1.807) is 0 Å². The van der Waals surface area contributed by atoms with Crippen LogP contribution in [-0.4, -0.2) is 61.9 Å². The van der Waals surface area contributed by atoms with Crippen molar-refractivity contribution in [3.05, 3.63) is 48.6 Å². The predicted molar refractivity (Wildman–Crippen MR) is 221 cm³/mol. The van der Waals surface area contributed by atoms with Gasteiger partial charge in [-0.2, -0.15) is 0 Å². The highest BCUT2D eigenvalue weighted by Gasteiger charge is 2.38. The number of nitrogens with zero attached hydrogens (tertiary/aromatic N) is 1. The fourth-order valence-corrected chi connectivity index (χ4v) is 6.59. The van der Waals surface area contributed by atoms with Gasteiger partial charge in [0.2, 0.25) is 5.91 Å². The lowest BCUT2D eigenvalue weighted by Crippen LogP contribution is -2.43. The van der Waals surface area contributed by atoms with Gasteiger partial charge in [-0.15, -0.1) is 0 Å². The molecule has 0 aromatic rings. The van der Waals surface area contributed by atoms with Crippen LogP contribution in [0.5, 0.6) is 0 Å². The molecule has 6 nitrogen and oxygen atoms in total. The van der Waals surface area contributed by atoms with Crippen molar-refractivity contribution in [2.24, 2.45) is 11.5 Å². The minimum absolute atomic E-state index is 0.00517. The standard InChI is InChI=1S/C45H83N3O3/c1-3-5-7-9-11-13-15-17-19-21-23-25-27-29-31-33-38-50-43-40-48(45(49)42(47)36-35-37-46)41-44(43)51-39-34-32-30-28-26-24-22-20-18-16-14-12-10-8-6-4-2/h11-14,17-20,42-44H,3-10,15-16,21-41,46-47H2,1-2H3/b13-11-,14-12-,19-17-,20-18-/t42-,43+,44?/m0/s1. The first-order valence-electron chi connectivity index (χ1n) is 21.7. The molecule has 51 heavy (non-hydrogen) atoms. The molecule has 1 heterocycles. The maximum atomic E-state index is 13.0. The summed E-state index contributed by atoms with van der Waals surface area (Å²) in [6, 6.07) is -0.492. The van der Waals surface area contributed by atoms with Gasteiger partial charge in [0.25, 0.3) is 0 Å². The number of carbonyl (C=O) groups excluding carboxylic acids is 1. The molecule has 296 valence electrons. The van der Waals surface area contributed by atoms with E-state index in [-0.39, 0.29) is 18.1 Å². The summed E-state index contributed by atoms with van der Waals surface area (Å²) in [5, 5.41) is 0. The normalized spacial score (nSPS) is 17.4. The van der Waals surface area contributed by atoms with E-state index in [1.165, 1.54) is 128 Å². The number of nitrogens with two attached hydrogens (primary N) is 2. The molecule has 1 aliphatic rings. The van der Waals surface area contributed by atoms with E-state index in [4.69, 9.17) is 20.9 Å².